The second-order valence-corrected chi connectivity index (χ2v) is 6.67. The minimum absolute atomic E-state index is 0. The Kier molecular flexibility index (Phi) is 7.70. The molecule has 0 radical (unpaired) electrons. The maximum Gasteiger partial charge on any atom is 0.0638 e. The fourth-order valence-corrected chi connectivity index (χ4v) is 2.45. The monoisotopic (exact) mass is 263 g/mol. The van der Waals surface area contributed by atoms with Crippen LogP contribution >= 0.6 is 12.4 Å². The van der Waals surface area contributed by atoms with Gasteiger partial charge in [-0.15, -0.1) is 12.4 Å². The molecule has 1 rings (SSSR count). The predicted octanol–water partition coefficient (Wildman–Crippen LogP) is 3.50. The van der Waals surface area contributed by atoms with Crippen molar-refractivity contribution < 1.29 is 4.74 Å². The Labute approximate surface area is 113 Å². The molecule has 1 heterocycles. The molecule has 0 spiro atoms. The van der Waals surface area contributed by atoms with Gasteiger partial charge in [0.1, 0.15) is 0 Å². The number of halogens is 1. The molecule has 17 heavy (non-hydrogen) atoms. The van der Waals surface area contributed by atoms with Crippen LogP contribution in [0.25, 0.3) is 0 Å². The molecule has 1 N–H and O–H groups in total. The predicted molar refractivity (Wildman–Crippen MR) is 76.9 cm³/mol. The molecule has 2 unspecified atom stereocenters. The Morgan fingerprint density at radius 3 is 2.47 bits per heavy atom. The third kappa shape index (κ3) is 6.64. The molecule has 0 aromatic carbocycles. The van der Waals surface area contributed by atoms with Gasteiger partial charge in [-0.2, -0.15) is 0 Å². The first-order chi connectivity index (χ1) is 7.40. The van der Waals surface area contributed by atoms with Crippen molar-refractivity contribution in [2.24, 2.45) is 17.3 Å². The van der Waals surface area contributed by atoms with Crippen molar-refractivity contribution in [3.63, 3.8) is 0 Å². The molecular weight excluding hydrogens is 234 g/mol. The first kappa shape index (κ1) is 17.2. The lowest BCUT2D eigenvalue weighted by atomic mass is 9.87. The van der Waals surface area contributed by atoms with E-state index in [0.717, 1.165) is 19.7 Å². The molecule has 104 valence electrons. The molecule has 0 aromatic heterocycles. The van der Waals surface area contributed by atoms with Gasteiger partial charge in [0, 0.05) is 19.7 Å². The Bertz CT molecular complexity index is 201. The third-order valence-electron chi connectivity index (χ3n) is 3.21. The van der Waals surface area contributed by atoms with Crippen LogP contribution in [0.1, 0.15) is 47.5 Å². The van der Waals surface area contributed by atoms with Crippen LogP contribution in [0.4, 0.5) is 0 Å². The number of nitrogens with one attached hydrogen (secondary N) is 1. The molecule has 1 fully saturated rings. The molecule has 2 nitrogen and oxygen atoms in total. The van der Waals surface area contributed by atoms with Crippen LogP contribution in [0.15, 0.2) is 0 Å². The zero-order valence-electron chi connectivity index (χ0n) is 12.1. The van der Waals surface area contributed by atoms with E-state index in [-0.39, 0.29) is 12.4 Å². The largest absolute Gasteiger partial charge is 0.378 e. The van der Waals surface area contributed by atoms with Gasteiger partial charge in [-0.3, -0.25) is 0 Å². The lowest BCUT2D eigenvalue weighted by molar-refractivity contribution is -0.0519. The average Bonchev–Trinajstić information content (AvgIpc) is 2.16. The van der Waals surface area contributed by atoms with E-state index in [4.69, 9.17) is 4.74 Å². The van der Waals surface area contributed by atoms with Gasteiger partial charge in [0.25, 0.3) is 0 Å². The molecule has 0 bridgehead atoms. The highest BCUT2D eigenvalue weighted by molar-refractivity contribution is 5.85. The minimum atomic E-state index is 0. The summed E-state index contributed by atoms with van der Waals surface area (Å²) in [5.74, 6) is 1.35. The van der Waals surface area contributed by atoms with E-state index >= 15 is 0 Å². The Balaban J connectivity index is 0.00000256. The molecule has 0 amide bonds. The molecular formula is C14H30ClNO. The first-order valence-electron chi connectivity index (χ1n) is 6.72. The highest BCUT2D eigenvalue weighted by Crippen LogP contribution is 2.25. The van der Waals surface area contributed by atoms with Crippen molar-refractivity contribution in [3.8, 4) is 0 Å². The van der Waals surface area contributed by atoms with Gasteiger partial charge in [0.2, 0.25) is 0 Å². The lowest BCUT2D eigenvalue weighted by Gasteiger charge is -2.35. The number of rotatable bonds is 4. The van der Waals surface area contributed by atoms with Crippen LogP contribution in [0.3, 0.4) is 0 Å². The Morgan fingerprint density at radius 1 is 1.29 bits per heavy atom. The maximum atomic E-state index is 5.89. The lowest BCUT2D eigenvalue weighted by Crippen LogP contribution is -2.41. The van der Waals surface area contributed by atoms with Crippen molar-refractivity contribution in [1.29, 1.82) is 0 Å². The van der Waals surface area contributed by atoms with Gasteiger partial charge in [-0.1, -0.05) is 34.6 Å². The third-order valence-corrected chi connectivity index (χ3v) is 3.21. The van der Waals surface area contributed by atoms with E-state index in [1.54, 1.807) is 0 Å². The average molecular weight is 264 g/mol. The Morgan fingerprint density at radius 2 is 1.94 bits per heavy atom. The summed E-state index contributed by atoms with van der Waals surface area (Å²) >= 11 is 0. The molecule has 0 aromatic rings. The first-order valence-corrected chi connectivity index (χ1v) is 6.72. The molecule has 1 saturated heterocycles. The summed E-state index contributed by atoms with van der Waals surface area (Å²) in [6.07, 6.45) is 3.01. The quantitative estimate of drug-likeness (QED) is 0.838. The van der Waals surface area contributed by atoms with Crippen LogP contribution < -0.4 is 5.32 Å². The van der Waals surface area contributed by atoms with Crippen molar-refractivity contribution >= 4 is 12.4 Å². The normalized spacial score (nSPS) is 25.8. The summed E-state index contributed by atoms with van der Waals surface area (Å²) in [5.41, 5.74) is 0.378. The van der Waals surface area contributed by atoms with E-state index < -0.39 is 0 Å². The molecule has 2 atom stereocenters. The summed E-state index contributed by atoms with van der Waals surface area (Å²) in [7, 11) is 0. The number of ether oxygens (including phenoxy) is 1. The van der Waals surface area contributed by atoms with Crippen LogP contribution in [-0.2, 0) is 4.74 Å². The van der Waals surface area contributed by atoms with Crippen molar-refractivity contribution in [3.05, 3.63) is 0 Å². The van der Waals surface area contributed by atoms with Crippen molar-refractivity contribution in [2.75, 3.05) is 19.7 Å². The fourth-order valence-electron chi connectivity index (χ4n) is 2.45. The van der Waals surface area contributed by atoms with Crippen LogP contribution in [0.2, 0.25) is 0 Å². The zero-order chi connectivity index (χ0) is 12.2. The molecule has 1 aliphatic heterocycles. The van der Waals surface area contributed by atoms with E-state index in [0.29, 0.717) is 23.4 Å². The molecule has 1 aliphatic rings. The van der Waals surface area contributed by atoms with Gasteiger partial charge in [-0.05, 0) is 30.1 Å². The highest BCUT2D eigenvalue weighted by atomic mass is 35.5. The second-order valence-electron chi connectivity index (χ2n) is 6.67. The summed E-state index contributed by atoms with van der Waals surface area (Å²) in [4.78, 5) is 0. The van der Waals surface area contributed by atoms with Crippen LogP contribution in [0.5, 0.6) is 0 Å². The van der Waals surface area contributed by atoms with Crippen molar-refractivity contribution in [1.82, 2.24) is 5.32 Å². The zero-order valence-corrected chi connectivity index (χ0v) is 12.9. The topological polar surface area (TPSA) is 21.3 Å². The summed E-state index contributed by atoms with van der Waals surface area (Å²) in [6, 6.07) is 0. The smallest absolute Gasteiger partial charge is 0.0638 e. The molecule has 3 heteroatoms. The minimum Gasteiger partial charge on any atom is -0.378 e. The van der Waals surface area contributed by atoms with Gasteiger partial charge in [0.05, 0.1) is 6.10 Å². The fraction of sp³-hybridized carbons (Fsp3) is 1.00. The molecule has 0 aliphatic carbocycles. The van der Waals surface area contributed by atoms with E-state index in [1.165, 1.54) is 12.8 Å². The van der Waals surface area contributed by atoms with E-state index in [9.17, 15) is 0 Å². The molecule has 0 saturated carbocycles. The van der Waals surface area contributed by atoms with Gasteiger partial charge < -0.3 is 10.1 Å². The Hall–Kier alpha value is 0.210. The highest BCUT2D eigenvalue weighted by Gasteiger charge is 2.28. The maximum absolute atomic E-state index is 5.89. The van der Waals surface area contributed by atoms with Crippen LogP contribution in [-0.4, -0.2) is 25.8 Å². The van der Waals surface area contributed by atoms with Gasteiger partial charge in [0.15, 0.2) is 0 Å². The van der Waals surface area contributed by atoms with Crippen LogP contribution in [0, 0.1) is 17.3 Å². The van der Waals surface area contributed by atoms with E-state index in [2.05, 4.69) is 39.9 Å². The second kappa shape index (κ2) is 7.60. The van der Waals surface area contributed by atoms with Crippen molar-refractivity contribution in [2.45, 2.75) is 53.6 Å². The van der Waals surface area contributed by atoms with Gasteiger partial charge in [-0.25, -0.2) is 0 Å². The summed E-state index contributed by atoms with van der Waals surface area (Å²) < 4.78 is 5.89. The SMILES string of the molecule is CC(C)C1OCCCC1CNCC(C)(C)C.Cl. The number of hydrogen-bond acceptors (Lipinski definition) is 2. The number of hydrogen-bond donors (Lipinski definition) is 1. The van der Waals surface area contributed by atoms with E-state index in [1.807, 2.05) is 0 Å². The summed E-state index contributed by atoms with van der Waals surface area (Å²) in [5, 5.41) is 3.60. The van der Waals surface area contributed by atoms with Gasteiger partial charge >= 0.3 is 0 Å². The standard InChI is InChI=1S/C14H29NO.ClH/c1-11(2)13-12(7-6-8-16-13)9-15-10-14(3,4)5;/h11-13,15H,6-10H2,1-5H3;1H. The summed E-state index contributed by atoms with van der Waals surface area (Å²) in [6.45, 7) is 14.5.